The van der Waals surface area contributed by atoms with Crippen molar-refractivity contribution in [2.75, 3.05) is 41.4 Å². The van der Waals surface area contributed by atoms with Gasteiger partial charge in [-0.3, -0.25) is 10.1 Å². The average Bonchev–Trinajstić information content (AvgIpc) is 2.85. The highest BCUT2D eigenvalue weighted by molar-refractivity contribution is 5.79. The number of hydrazone groups is 1. The Balaban J connectivity index is 1.46. The molecule has 0 spiro atoms. The first-order chi connectivity index (χ1) is 15.7. The summed E-state index contributed by atoms with van der Waals surface area (Å²) in [5.74, 6) is 1.82. The van der Waals surface area contributed by atoms with Crippen molar-refractivity contribution >= 4 is 35.8 Å². The molecule has 1 aromatic heterocycles. The quantitative estimate of drug-likeness (QED) is 0.395. The molecule has 4 rings (SSSR count). The molecule has 0 saturated carbocycles. The number of nitrogens with one attached hydrogen (secondary N) is 1. The van der Waals surface area contributed by atoms with Crippen LogP contribution < -0.4 is 15.2 Å². The maximum Gasteiger partial charge on any atom is 0.270 e. The predicted molar refractivity (Wildman–Crippen MR) is 126 cm³/mol. The highest BCUT2D eigenvalue weighted by atomic mass is 16.6. The van der Waals surface area contributed by atoms with Gasteiger partial charge < -0.3 is 9.80 Å². The molecule has 2 aliphatic heterocycles. The van der Waals surface area contributed by atoms with Crippen LogP contribution in [0.1, 0.15) is 44.1 Å². The van der Waals surface area contributed by atoms with Gasteiger partial charge in [-0.25, -0.2) is 5.43 Å². The van der Waals surface area contributed by atoms with E-state index < -0.39 is 4.92 Å². The van der Waals surface area contributed by atoms with Crippen molar-refractivity contribution in [1.82, 2.24) is 15.0 Å². The van der Waals surface area contributed by atoms with Crippen molar-refractivity contribution < 1.29 is 4.92 Å². The Bertz CT molecular complexity index is 945. The Hall–Kier alpha value is -3.56. The van der Waals surface area contributed by atoms with E-state index in [1.165, 1.54) is 25.0 Å². The summed E-state index contributed by atoms with van der Waals surface area (Å²) < 4.78 is 0. The second-order valence-corrected chi connectivity index (χ2v) is 7.96. The summed E-state index contributed by atoms with van der Waals surface area (Å²) in [5.41, 5.74) is 3.70. The molecular formula is C22H28N8O2. The van der Waals surface area contributed by atoms with Gasteiger partial charge in [0.2, 0.25) is 17.8 Å². The number of nitro benzene ring substituents is 1. The fourth-order valence-electron chi connectivity index (χ4n) is 3.91. The summed E-state index contributed by atoms with van der Waals surface area (Å²) in [7, 11) is 0. The van der Waals surface area contributed by atoms with Crippen LogP contribution in [0.3, 0.4) is 0 Å². The molecule has 1 N–H and O–H groups in total. The van der Waals surface area contributed by atoms with Crippen LogP contribution in [0.5, 0.6) is 0 Å². The summed E-state index contributed by atoms with van der Waals surface area (Å²) in [5, 5.41) is 15.1. The molecule has 0 unspecified atom stereocenters. The second-order valence-electron chi connectivity index (χ2n) is 7.96. The normalized spacial score (nSPS) is 17.2. The molecule has 2 aliphatic rings. The number of nitrogens with zero attached hydrogens (tertiary/aromatic N) is 7. The molecule has 0 amide bonds. The first-order valence-electron chi connectivity index (χ1n) is 11.2. The number of non-ortho nitro benzene ring substituents is 1. The largest absolute Gasteiger partial charge is 0.341 e. The number of hydrogen-bond acceptors (Lipinski definition) is 9. The van der Waals surface area contributed by atoms with E-state index >= 15 is 0 Å². The molecular weight excluding hydrogens is 408 g/mol. The molecule has 2 aromatic rings. The van der Waals surface area contributed by atoms with Crippen molar-refractivity contribution in [3.63, 3.8) is 0 Å². The van der Waals surface area contributed by atoms with Gasteiger partial charge in [-0.1, -0.05) is 18.2 Å². The molecule has 0 aliphatic carbocycles. The minimum Gasteiger partial charge on any atom is -0.341 e. The van der Waals surface area contributed by atoms with E-state index in [1.54, 1.807) is 30.5 Å². The summed E-state index contributed by atoms with van der Waals surface area (Å²) in [6.45, 7) is 3.83. The molecule has 32 heavy (non-hydrogen) atoms. The number of piperidine rings is 2. The van der Waals surface area contributed by atoms with E-state index in [2.05, 4.69) is 30.3 Å². The van der Waals surface area contributed by atoms with Crippen LogP contribution in [-0.4, -0.2) is 52.3 Å². The van der Waals surface area contributed by atoms with Gasteiger partial charge in [0.1, 0.15) is 0 Å². The lowest BCUT2D eigenvalue weighted by Crippen LogP contribution is -2.34. The third-order valence-electron chi connectivity index (χ3n) is 5.58. The number of rotatable bonds is 7. The lowest BCUT2D eigenvalue weighted by atomic mass is 10.1. The van der Waals surface area contributed by atoms with E-state index in [1.807, 2.05) is 0 Å². The molecule has 0 bridgehead atoms. The number of aromatic nitrogens is 3. The highest BCUT2D eigenvalue weighted by Gasteiger charge is 2.20. The fraction of sp³-hybridized carbons (Fsp3) is 0.455. The third-order valence-corrected chi connectivity index (χ3v) is 5.58. The van der Waals surface area contributed by atoms with Crippen LogP contribution in [-0.2, 0) is 0 Å². The van der Waals surface area contributed by atoms with Gasteiger partial charge in [0.15, 0.2) is 0 Å². The molecule has 0 radical (unpaired) electrons. The highest BCUT2D eigenvalue weighted by Crippen LogP contribution is 2.22. The van der Waals surface area contributed by atoms with Crippen LogP contribution in [0.2, 0.25) is 0 Å². The molecule has 1 aromatic carbocycles. The number of benzene rings is 1. The minimum atomic E-state index is -0.409. The minimum absolute atomic E-state index is 0.0582. The van der Waals surface area contributed by atoms with Gasteiger partial charge in [-0.2, -0.15) is 20.1 Å². The SMILES string of the molecule is O=[N+]([O-])c1cccc(/C=C/C=NNc2nc(N3CCCCC3)nc(N3CCCCC3)n2)c1. The van der Waals surface area contributed by atoms with Gasteiger partial charge in [0.25, 0.3) is 5.69 Å². The second kappa shape index (κ2) is 10.7. The van der Waals surface area contributed by atoms with Gasteiger partial charge in [-0.15, -0.1) is 0 Å². The van der Waals surface area contributed by atoms with E-state index in [-0.39, 0.29) is 5.69 Å². The standard InChI is InChI=1S/C22H28N8O2/c31-30(32)19-11-7-9-18(17-19)10-8-12-23-27-20-24-21(28-13-3-1-4-14-28)26-22(25-20)29-15-5-2-6-16-29/h7-12,17H,1-6,13-16H2,(H,24,25,26,27)/b10-8+,23-12?. The van der Waals surface area contributed by atoms with E-state index in [0.717, 1.165) is 57.4 Å². The number of nitro groups is 1. The first-order valence-corrected chi connectivity index (χ1v) is 11.2. The smallest absolute Gasteiger partial charge is 0.270 e. The van der Waals surface area contributed by atoms with Gasteiger partial charge >= 0.3 is 0 Å². The Labute approximate surface area is 187 Å². The fourth-order valence-corrected chi connectivity index (χ4v) is 3.91. The average molecular weight is 437 g/mol. The summed E-state index contributed by atoms with van der Waals surface area (Å²) >= 11 is 0. The van der Waals surface area contributed by atoms with Crippen molar-refractivity contribution in [3.8, 4) is 0 Å². The van der Waals surface area contributed by atoms with Crippen molar-refractivity contribution in [1.29, 1.82) is 0 Å². The molecule has 0 atom stereocenters. The zero-order valence-electron chi connectivity index (χ0n) is 18.1. The van der Waals surface area contributed by atoms with E-state index in [4.69, 9.17) is 4.98 Å². The number of anilines is 3. The molecule has 3 heterocycles. The molecule has 2 fully saturated rings. The topological polar surface area (TPSA) is 113 Å². The molecule has 10 heteroatoms. The summed E-state index contributed by atoms with van der Waals surface area (Å²) in [4.78, 5) is 28.9. The third kappa shape index (κ3) is 5.77. The van der Waals surface area contributed by atoms with Crippen molar-refractivity contribution in [3.05, 3.63) is 46.0 Å². The zero-order valence-corrected chi connectivity index (χ0v) is 18.1. The van der Waals surface area contributed by atoms with Crippen molar-refractivity contribution in [2.45, 2.75) is 38.5 Å². The van der Waals surface area contributed by atoms with Gasteiger partial charge in [0, 0.05) is 44.5 Å². The Kier molecular flexibility index (Phi) is 7.21. The van der Waals surface area contributed by atoms with E-state index in [0.29, 0.717) is 17.8 Å². The van der Waals surface area contributed by atoms with Crippen LogP contribution >= 0.6 is 0 Å². The maximum absolute atomic E-state index is 10.9. The van der Waals surface area contributed by atoms with Gasteiger partial charge in [-0.05, 0) is 50.2 Å². The van der Waals surface area contributed by atoms with Crippen LogP contribution in [0, 0.1) is 10.1 Å². The van der Waals surface area contributed by atoms with Gasteiger partial charge in [0.05, 0.1) is 4.92 Å². The summed E-state index contributed by atoms with van der Waals surface area (Å²) in [6.07, 6.45) is 12.1. The molecule has 10 nitrogen and oxygen atoms in total. The number of allylic oxidation sites excluding steroid dienone is 1. The van der Waals surface area contributed by atoms with E-state index in [9.17, 15) is 10.1 Å². The Morgan fingerprint density at radius 3 is 2.16 bits per heavy atom. The Morgan fingerprint density at radius 2 is 1.56 bits per heavy atom. The Morgan fingerprint density at radius 1 is 0.938 bits per heavy atom. The first kappa shape index (κ1) is 21.7. The lowest BCUT2D eigenvalue weighted by Gasteiger charge is -2.30. The van der Waals surface area contributed by atoms with Crippen LogP contribution in [0.4, 0.5) is 23.5 Å². The zero-order chi connectivity index (χ0) is 22.2. The monoisotopic (exact) mass is 436 g/mol. The summed E-state index contributed by atoms with van der Waals surface area (Å²) in [6, 6.07) is 6.43. The molecule has 168 valence electrons. The molecule has 2 saturated heterocycles. The maximum atomic E-state index is 10.9. The van der Waals surface area contributed by atoms with Crippen molar-refractivity contribution in [2.24, 2.45) is 5.10 Å². The van der Waals surface area contributed by atoms with Crippen LogP contribution in [0.25, 0.3) is 6.08 Å². The lowest BCUT2D eigenvalue weighted by molar-refractivity contribution is -0.384. The van der Waals surface area contributed by atoms with Crippen LogP contribution in [0.15, 0.2) is 35.4 Å². The predicted octanol–water partition coefficient (Wildman–Crippen LogP) is 3.87. The number of hydrogen-bond donors (Lipinski definition) is 1.